The van der Waals surface area contributed by atoms with E-state index in [1.807, 2.05) is 13.8 Å². The molecule has 0 aromatic carbocycles. The first kappa shape index (κ1) is 9.95. The minimum absolute atomic E-state index is 0.214. The molecular formula is C7H14BrNO. The van der Waals surface area contributed by atoms with E-state index in [2.05, 4.69) is 15.9 Å². The number of halogens is 1. The molecule has 2 nitrogen and oxygen atoms in total. The molecule has 0 saturated carbocycles. The van der Waals surface area contributed by atoms with Crippen molar-refractivity contribution in [2.75, 3.05) is 5.33 Å². The van der Waals surface area contributed by atoms with Gasteiger partial charge in [0.15, 0.2) is 0 Å². The van der Waals surface area contributed by atoms with Crippen LogP contribution in [0.3, 0.4) is 0 Å². The molecule has 0 aromatic rings. The maximum absolute atomic E-state index is 10.7. The summed E-state index contributed by atoms with van der Waals surface area (Å²) < 4.78 is 0. The number of primary amides is 1. The Labute approximate surface area is 70.3 Å². The number of hydrogen-bond donors (Lipinski definition) is 1. The van der Waals surface area contributed by atoms with E-state index in [9.17, 15) is 4.79 Å². The second-order valence-electron chi connectivity index (χ2n) is 3.04. The maximum Gasteiger partial charge on any atom is 0.223 e. The quantitative estimate of drug-likeness (QED) is 0.701. The molecule has 0 rings (SSSR count). The van der Waals surface area contributed by atoms with Gasteiger partial charge in [-0.15, -0.1) is 0 Å². The van der Waals surface area contributed by atoms with Crippen molar-refractivity contribution < 1.29 is 4.79 Å². The van der Waals surface area contributed by atoms with Gasteiger partial charge in [-0.3, -0.25) is 4.79 Å². The van der Waals surface area contributed by atoms with Crippen molar-refractivity contribution in [2.24, 2.45) is 11.1 Å². The van der Waals surface area contributed by atoms with Gasteiger partial charge in [0, 0.05) is 10.7 Å². The molecule has 0 atom stereocenters. The molecule has 0 aliphatic rings. The fourth-order valence-electron chi connectivity index (χ4n) is 0.632. The lowest BCUT2D eigenvalue weighted by atomic mass is 9.87. The second-order valence-corrected chi connectivity index (χ2v) is 3.83. The first-order valence-corrected chi connectivity index (χ1v) is 4.49. The van der Waals surface area contributed by atoms with Crippen molar-refractivity contribution in [2.45, 2.75) is 26.7 Å². The summed E-state index contributed by atoms with van der Waals surface area (Å²) in [6.45, 7) is 3.75. The molecule has 2 N–H and O–H groups in total. The third-order valence-corrected chi connectivity index (χ3v) is 2.16. The molecule has 3 heteroatoms. The number of alkyl halides is 1. The van der Waals surface area contributed by atoms with Gasteiger partial charge in [-0.25, -0.2) is 0 Å². The van der Waals surface area contributed by atoms with Crippen LogP contribution in [0.4, 0.5) is 0 Å². The third kappa shape index (κ3) is 3.20. The normalized spacial score (nSPS) is 11.5. The van der Waals surface area contributed by atoms with Crippen molar-refractivity contribution in [3.05, 3.63) is 0 Å². The molecule has 0 unspecified atom stereocenters. The van der Waals surface area contributed by atoms with E-state index in [1.165, 1.54) is 0 Å². The highest BCUT2D eigenvalue weighted by molar-refractivity contribution is 9.09. The van der Waals surface area contributed by atoms with Crippen molar-refractivity contribution in [1.82, 2.24) is 0 Å². The highest BCUT2D eigenvalue weighted by Gasteiger charge is 2.23. The summed E-state index contributed by atoms with van der Waals surface area (Å²) in [6.07, 6.45) is 1.85. The van der Waals surface area contributed by atoms with E-state index in [-0.39, 0.29) is 11.3 Å². The molecule has 60 valence electrons. The Bertz CT molecular complexity index is 123. The number of rotatable bonds is 4. The lowest BCUT2D eigenvalue weighted by Crippen LogP contribution is -2.31. The Balaban J connectivity index is 3.75. The Morgan fingerprint density at radius 1 is 1.60 bits per heavy atom. The molecule has 1 amide bonds. The Morgan fingerprint density at radius 3 is 2.40 bits per heavy atom. The predicted molar refractivity (Wildman–Crippen MR) is 46.0 cm³/mol. The Morgan fingerprint density at radius 2 is 2.10 bits per heavy atom. The van der Waals surface area contributed by atoms with Crippen LogP contribution in [0.25, 0.3) is 0 Å². The van der Waals surface area contributed by atoms with Crippen LogP contribution in [0.1, 0.15) is 26.7 Å². The highest BCUT2D eigenvalue weighted by atomic mass is 79.9. The molecule has 0 saturated heterocycles. The molecule has 0 heterocycles. The highest BCUT2D eigenvalue weighted by Crippen LogP contribution is 2.21. The van der Waals surface area contributed by atoms with Crippen molar-refractivity contribution in [3.63, 3.8) is 0 Å². The van der Waals surface area contributed by atoms with Gasteiger partial charge in [0.1, 0.15) is 0 Å². The molecule has 0 radical (unpaired) electrons. The standard InChI is InChI=1S/C7H14BrNO/c1-7(2,6(9)10)4-3-5-8/h3-5H2,1-2H3,(H2,9,10). The van der Waals surface area contributed by atoms with Gasteiger partial charge in [-0.2, -0.15) is 0 Å². The monoisotopic (exact) mass is 207 g/mol. The molecule has 0 spiro atoms. The number of carbonyl (C=O) groups is 1. The smallest absolute Gasteiger partial charge is 0.223 e. The van der Waals surface area contributed by atoms with E-state index in [0.717, 1.165) is 18.2 Å². The fraction of sp³-hybridized carbons (Fsp3) is 0.857. The lowest BCUT2D eigenvalue weighted by molar-refractivity contribution is -0.126. The molecule has 10 heavy (non-hydrogen) atoms. The van der Waals surface area contributed by atoms with Crippen LogP contribution in [-0.4, -0.2) is 11.2 Å². The van der Waals surface area contributed by atoms with Crippen LogP contribution in [0.2, 0.25) is 0 Å². The van der Waals surface area contributed by atoms with Gasteiger partial charge in [-0.1, -0.05) is 29.8 Å². The maximum atomic E-state index is 10.7. The zero-order valence-corrected chi connectivity index (χ0v) is 8.07. The van der Waals surface area contributed by atoms with Gasteiger partial charge >= 0.3 is 0 Å². The van der Waals surface area contributed by atoms with E-state index in [0.29, 0.717) is 0 Å². The number of hydrogen-bond acceptors (Lipinski definition) is 1. The summed E-state index contributed by atoms with van der Waals surface area (Å²) in [5.74, 6) is -0.214. The van der Waals surface area contributed by atoms with Crippen molar-refractivity contribution in [3.8, 4) is 0 Å². The average Bonchev–Trinajstić information content (AvgIpc) is 1.84. The van der Waals surface area contributed by atoms with Gasteiger partial charge in [0.05, 0.1) is 0 Å². The minimum Gasteiger partial charge on any atom is -0.369 e. The van der Waals surface area contributed by atoms with Gasteiger partial charge in [0.2, 0.25) is 5.91 Å². The van der Waals surface area contributed by atoms with E-state index < -0.39 is 0 Å². The van der Waals surface area contributed by atoms with Gasteiger partial charge in [0.25, 0.3) is 0 Å². The van der Waals surface area contributed by atoms with E-state index >= 15 is 0 Å². The van der Waals surface area contributed by atoms with E-state index in [4.69, 9.17) is 5.73 Å². The third-order valence-electron chi connectivity index (χ3n) is 1.60. The molecule has 0 aliphatic heterocycles. The number of carbonyl (C=O) groups excluding carboxylic acids is 1. The summed E-state index contributed by atoms with van der Waals surface area (Å²) in [4.78, 5) is 10.7. The molecule has 0 bridgehead atoms. The summed E-state index contributed by atoms with van der Waals surface area (Å²) in [7, 11) is 0. The molecule has 0 fully saturated rings. The van der Waals surface area contributed by atoms with Crippen LogP contribution >= 0.6 is 15.9 Å². The van der Waals surface area contributed by atoms with Crippen molar-refractivity contribution >= 4 is 21.8 Å². The zero-order valence-electron chi connectivity index (χ0n) is 6.48. The number of nitrogens with two attached hydrogens (primary N) is 1. The first-order valence-electron chi connectivity index (χ1n) is 3.36. The van der Waals surface area contributed by atoms with Crippen LogP contribution in [0.5, 0.6) is 0 Å². The summed E-state index contributed by atoms with van der Waals surface area (Å²) >= 11 is 3.30. The average molecular weight is 208 g/mol. The van der Waals surface area contributed by atoms with Crippen LogP contribution in [0, 0.1) is 5.41 Å². The van der Waals surface area contributed by atoms with Gasteiger partial charge in [-0.05, 0) is 12.8 Å². The molecule has 0 aliphatic carbocycles. The van der Waals surface area contributed by atoms with Crippen LogP contribution in [-0.2, 0) is 4.79 Å². The first-order chi connectivity index (χ1) is 4.50. The second kappa shape index (κ2) is 3.96. The Hall–Kier alpha value is -0.0500. The van der Waals surface area contributed by atoms with Crippen LogP contribution in [0.15, 0.2) is 0 Å². The lowest BCUT2D eigenvalue weighted by Gasteiger charge is -2.18. The summed E-state index contributed by atoms with van der Waals surface area (Å²) in [6, 6.07) is 0. The molecule has 0 aromatic heterocycles. The summed E-state index contributed by atoms with van der Waals surface area (Å²) in [5.41, 5.74) is 4.82. The van der Waals surface area contributed by atoms with Crippen LogP contribution < -0.4 is 5.73 Å². The fourth-order valence-corrected chi connectivity index (χ4v) is 0.912. The zero-order chi connectivity index (χ0) is 8.20. The van der Waals surface area contributed by atoms with Gasteiger partial charge < -0.3 is 5.73 Å². The van der Waals surface area contributed by atoms with Crippen molar-refractivity contribution in [1.29, 1.82) is 0 Å². The van der Waals surface area contributed by atoms with E-state index in [1.54, 1.807) is 0 Å². The SMILES string of the molecule is CC(C)(CCCBr)C(N)=O. The topological polar surface area (TPSA) is 43.1 Å². The largest absolute Gasteiger partial charge is 0.369 e. The Kier molecular flexibility index (Phi) is 3.94. The molecular weight excluding hydrogens is 194 g/mol. The minimum atomic E-state index is -0.340. The summed E-state index contributed by atoms with van der Waals surface area (Å²) in [5, 5.41) is 0.934. The predicted octanol–water partition coefficient (Wildman–Crippen LogP) is 1.67. The number of amides is 1.